The van der Waals surface area contributed by atoms with E-state index >= 15 is 0 Å². The predicted molar refractivity (Wildman–Crippen MR) is 39.3 cm³/mol. The van der Waals surface area contributed by atoms with Gasteiger partial charge in [0, 0.05) is 5.56 Å². The van der Waals surface area contributed by atoms with E-state index in [1.807, 2.05) is 0 Å². The Morgan fingerprint density at radius 1 is 1.27 bits per heavy atom. The molecule has 54 valence electrons. The van der Waals surface area contributed by atoms with Crippen molar-refractivity contribution in [1.29, 1.82) is 0 Å². The molecule has 0 radical (unpaired) electrons. The Morgan fingerprint density at radius 2 is 1.91 bits per heavy atom. The van der Waals surface area contributed by atoms with Crippen molar-refractivity contribution in [2.24, 2.45) is 0 Å². The molecule has 2 heteroatoms. The lowest BCUT2D eigenvalue weighted by atomic mass is 10.2. The summed E-state index contributed by atoms with van der Waals surface area (Å²) >= 11 is 0. The number of carbonyl (C=O) groups excluding carboxylic acids is 1. The number of aldehydes is 1. The molecule has 0 aromatic heterocycles. The lowest BCUT2D eigenvalue weighted by Gasteiger charge is -1.87. The SMILES string of the molecule is O=CC#Cc1ccc(F)cc1. The first kappa shape index (κ1) is 7.49. The minimum absolute atomic E-state index is 0.304. The van der Waals surface area contributed by atoms with Gasteiger partial charge in [0.05, 0.1) is 0 Å². The molecule has 1 aromatic carbocycles. The Morgan fingerprint density at radius 3 is 2.45 bits per heavy atom. The van der Waals surface area contributed by atoms with Gasteiger partial charge in [0.1, 0.15) is 5.82 Å². The number of hydrogen-bond acceptors (Lipinski definition) is 1. The molecule has 0 bridgehead atoms. The van der Waals surface area contributed by atoms with Crippen LogP contribution in [-0.2, 0) is 4.79 Å². The number of halogens is 1. The topological polar surface area (TPSA) is 17.1 Å². The fourth-order valence-electron chi connectivity index (χ4n) is 0.646. The molecule has 0 unspecified atom stereocenters. The molecule has 0 saturated heterocycles. The van der Waals surface area contributed by atoms with Crippen molar-refractivity contribution in [3.8, 4) is 11.8 Å². The van der Waals surface area contributed by atoms with Crippen LogP contribution < -0.4 is 0 Å². The Labute approximate surface area is 63.9 Å². The summed E-state index contributed by atoms with van der Waals surface area (Å²) in [6.07, 6.45) is 0.503. The van der Waals surface area contributed by atoms with Crippen molar-refractivity contribution >= 4 is 6.29 Å². The quantitative estimate of drug-likeness (QED) is 0.401. The maximum absolute atomic E-state index is 12.3. The van der Waals surface area contributed by atoms with Gasteiger partial charge in [-0.05, 0) is 30.2 Å². The summed E-state index contributed by atoms with van der Waals surface area (Å²) in [4.78, 5) is 9.80. The summed E-state index contributed by atoms with van der Waals surface area (Å²) in [5.41, 5.74) is 0.638. The second kappa shape index (κ2) is 3.52. The number of rotatable bonds is 0. The van der Waals surface area contributed by atoms with Crippen molar-refractivity contribution < 1.29 is 9.18 Å². The van der Waals surface area contributed by atoms with Crippen molar-refractivity contribution in [3.05, 3.63) is 35.6 Å². The van der Waals surface area contributed by atoms with E-state index in [1.165, 1.54) is 24.3 Å². The monoisotopic (exact) mass is 148 g/mol. The van der Waals surface area contributed by atoms with E-state index in [2.05, 4.69) is 11.8 Å². The Kier molecular flexibility index (Phi) is 2.40. The highest BCUT2D eigenvalue weighted by atomic mass is 19.1. The van der Waals surface area contributed by atoms with E-state index in [-0.39, 0.29) is 5.82 Å². The van der Waals surface area contributed by atoms with Crippen LogP contribution in [0.5, 0.6) is 0 Å². The molecule has 0 aliphatic heterocycles. The summed E-state index contributed by atoms with van der Waals surface area (Å²) in [6.45, 7) is 0. The standard InChI is InChI=1S/C9H5FO/c10-9-5-3-8(4-6-9)2-1-7-11/h3-7H. The molecular formula is C9H5FO. The second-order valence-electron chi connectivity index (χ2n) is 1.89. The molecular weight excluding hydrogens is 143 g/mol. The van der Waals surface area contributed by atoms with Crippen LogP contribution in [0.4, 0.5) is 4.39 Å². The van der Waals surface area contributed by atoms with Crippen molar-refractivity contribution in [1.82, 2.24) is 0 Å². The highest BCUT2D eigenvalue weighted by Crippen LogP contribution is 1.99. The molecule has 1 rings (SSSR count). The van der Waals surface area contributed by atoms with E-state index in [4.69, 9.17) is 0 Å². The smallest absolute Gasteiger partial charge is 0.193 e. The predicted octanol–water partition coefficient (Wildman–Crippen LogP) is 1.38. The lowest BCUT2D eigenvalue weighted by Crippen LogP contribution is -1.75. The first-order chi connectivity index (χ1) is 5.33. The van der Waals surface area contributed by atoms with E-state index in [9.17, 15) is 9.18 Å². The van der Waals surface area contributed by atoms with Crippen LogP contribution in [-0.4, -0.2) is 6.29 Å². The summed E-state index contributed by atoms with van der Waals surface area (Å²) in [5, 5.41) is 0. The van der Waals surface area contributed by atoms with Gasteiger partial charge < -0.3 is 0 Å². The summed E-state index contributed by atoms with van der Waals surface area (Å²) in [5.74, 6) is 4.46. The molecule has 0 spiro atoms. The number of hydrogen-bond donors (Lipinski definition) is 0. The zero-order valence-electron chi connectivity index (χ0n) is 5.67. The van der Waals surface area contributed by atoms with Gasteiger partial charge in [-0.1, -0.05) is 5.92 Å². The van der Waals surface area contributed by atoms with E-state index < -0.39 is 0 Å². The number of carbonyl (C=O) groups is 1. The van der Waals surface area contributed by atoms with Gasteiger partial charge in [0.15, 0.2) is 6.29 Å². The second-order valence-corrected chi connectivity index (χ2v) is 1.89. The number of benzene rings is 1. The van der Waals surface area contributed by atoms with Gasteiger partial charge in [0.25, 0.3) is 0 Å². The summed E-state index contributed by atoms with van der Waals surface area (Å²) < 4.78 is 12.3. The van der Waals surface area contributed by atoms with Crippen LogP contribution in [0, 0.1) is 17.7 Å². The van der Waals surface area contributed by atoms with Gasteiger partial charge in [-0.2, -0.15) is 0 Å². The minimum atomic E-state index is -0.304. The van der Waals surface area contributed by atoms with E-state index in [1.54, 1.807) is 0 Å². The fourth-order valence-corrected chi connectivity index (χ4v) is 0.646. The molecule has 0 amide bonds. The molecule has 0 heterocycles. The third-order valence-corrected chi connectivity index (χ3v) is 1.12. The first-order valence-electron chi connectivity index (χ1n) is 3.03. The zero-order chi connectivity index (χ0) is 8.10. The normalized spacial score (nSPS) is 8.09. The molecule has 1 aromatic rings. The maximum atomic E-state index is 12.3. The minimum Gasteiger partial charge on any atom is -0.289 e. The van der Waals surface area contributed by atoms with Crippen LogP contribution >= 0.6 is 0 Å². The lowest BCUT2D eigenvalue weighted by molar-refractivity contribution is -0.103. The highest BCUT2D eigenvalue weighted by molar-refractivity contribution is 5.73. The molecule has 0 fully saturated rings. The van der Waals surface area contributed by atoms with E-state index in [0.717, 1.165) is 0 Å². The largest absolute Gasteiger partial charge is 0.289 e. The van der Waals surface area contributed by atoms with Crippen LogP contribution in [0.1, 0.15) is 5.56 Å². The fraction of sp³-hybridized carbons (Fsp3) is 0. The molecule has 0 N–H and O–H groups in total. The molecule has 0 aliphatic rings. The van der Waals surface area contributed by atoms with Crippen LogP contribution in [0.15, 0.2) is 24.3 Å². The summed E-state index contributed by atoms with van der Waals surface area (Å²) in [7, 11) is 0. The Bertz CT molecular complexity index is 303. The van der Waals surface area contributed by atoms with Crippen LogP contribution in [0.2, 0.25) is 0 Å². The zero-order valence-corrected chi connectivity index (χ0v) is 5.67. The molecule has 1 nitrogen and oxygen atoms in total. The highest BCUT2D eigenvalue weighted by Gasteiger charge is 1.87. The summed E-state index contributed by atoms with van der Waals surface area (Å²) in [6, 6.07) is 5.64. The molecule has 0 atom stereocenters. The van der Waals surface area contributed by atoms with Crippen LogP contribution in [0.3, 0.4) is 0 Å². The van der Waals surface area contributed by atoms with Crippen LogP contribution in [0.25, 0.3) is 0 Å². The van der Waals surface area contributed by atoms with Crippen molar-refractivity contribution in [2.45, 2.75) is 0 Å². The first-order valence-corrected chi connectivity index (χ1v) is 3.03. The Hall–Kier alpha value is -1.62. The van der Waals surface area contributed by atoms with Gasteiger partial charge in [-0.3, -0.25) is 4.79 Å². The Balaban J connectivity index is 2.90. The maximum Gasteiger partial charge on any atom is 0.193 e. The third kappa shape index (κ3) is 2.23. The molecule has 0 aliphatic carbocycles. The van der Waals surface area contributed by atoms with Gasteiger partial charge in [-0.25, -0.2) is 4.39 Å². The molecule has 0 saturated carbocycles. The van der Waals surface area contributed by atoms with E-state index in [0.29, 0.717) is 11.8 Å². The molecule has 11 heavy (non-hydrogen) atoms. The van der Waals surface area contributed by atoms with Gasteiger partial charge in [0.2, 0.25) is 0 Å². The van der Waals surface area contributed by atoms with Gasteiger partial charge in [-0.15, -0.1) is 0 Å². The average Bonchev–Trinajstić information content (AvgIpc) is 2.04. The third-order valence-electron chi connectivity index (χ3n) is 1.12. The van der Waals surface area contributed by atoms with Gasteiger partial charge >= 0.3 is 0 Å². The van der Waals surface area contributed by atoms with Crippen molar-refractivity contribution in [2.75, 3.05) is 0 Å². The van der Waals surface area contributed by atoms with Crippen molar-refractivity contribution in [3.63, 3.8) is 0 Å². The average molecular weight is 148 g/mol.